The Balaban J connectivity index is 1.76. The summed E-state index contributed by atoms with van der Waals surface area (Å²) < 4.78 is 40.1. The highest BCUT2D eigenvalue weighted by Crippen LogP contribution is 2.39. The van der Waals surface area contributed by atoms with Crippen molar-refractivity contribution in [2.75, 3.05) is 7.05 Å². The summed E-state index contributed by atoms with van der Waals surface area (Å²) >= 11 is 1.84. The molecule has 0 amide bonds. The summed E-state index contributed by atoms with van der Waals surface area (Å²) in [6.07, 6.45) is 6.39. The predicted octanol–water partition coefficient (Wildman–Crippen LogP) is 4.66. The second-order valence-corrected chi connectivity index (χ2v) is 7.53. The summed E-state index contributed by atoms with van der Waals surface area (Å²) in [5.41, 5.74) is 2.42. The number of halogens is 3. The van der Waals surface area contributed by atoms with Gasteiger partial charge in [-0.25, -0.2) is 0 Å². The lowest BCUT2D eigenvalue weighted by Gasteiger charge is -2.39. The Bertz CT molecular complexity index is 697. The van der Waals surface area contributed by atoms with Crippen molar-refractivity contribution in [3.8, 4) is 0 Å². The molecule has 0 bridgehead atoms. The number of hydrogen-bond donors (Lipinski definition) is 0. The minimum absolute atomic E-state index is 0.620. The van der Waals surface area contributed by atoms with E-state index in [9.17, 15) is 13.2 Å². The molecule has 1 aromatic heterocycles. The molecule has 2 unspecified atom stereocenters. The van der Waals surface area contributed by atoms with Crippen molar-refractivity contribution in [3.05, 3.63) is 46.7 Å². The molecule has 0 spiro atoms. The van der Waals surface area contributed by atoms with Crippen LogP contribution in [0, 0.1) is 0 Å². The summed E-state index contributed by atoms with van der Waals surface area (Å²) in [6.45, 7) is 2.19. The summed E-state index contributed by atoms with van der Waals surface area (Å²) in [7, 11) is 3.34. The standard InChI is InChI=1S/C17H19F3N2S/c1-11-4-6-13(23-11)7-5-12-8-14(21(2)10-12)15-9-16(22(15)3)17(18,19)20/h5-11,16H,4H2,1-3H3/b7-5+. The van der Waals surface area contributed by atoms with Gasteiger partial charge in [-0.2, -0.15) is 13.2 Å². The minimum atomic E-state index is -4.21. The lowest BCUT2D eigenvalue weighted by atomic mass is 10.0. The Hall–Kier alpha value is -1.56. The van der Waals surface area contributed by atoms with E-state index in [4.69, 9.17) is 0 Å². The normalized spacial score (nSPS) is 24.9. The smallest absolute Gasteiger partial charge is 0.358 e. The van der Waals surface area contributed by atoms with E-state index < -0.39 is 12.2 Å². The molecule has 0 aliphatic carbocycles. The molecule has 2 aliphatic heterocycles. The molecule has 2 nitrogen and oxygen atoms in total. The minimum Gasteiger partial charge on any atom is -0.358 e. The maximum atomic E-state index is 12.8. The van der Waals surface area contributed by atoms with Gasteiger partial charge in [-0.3, -0.25) is 0 Å². The predicted molar refractivity (Wildman–Crippen MR) is 89.8 cm³/mol. The van der Waals surface area contributed by atoms with Gasteiger partial charge in [0.1, 0.15) is 6.04 Å². The molecule has 3 heterocycles. The van der Waals surface area contributed by atoms with Crippen LogP contribution >= 0.6 is 11.8 Å². The third kappa shape index (κ3) is 3.22. The second-order valence-electron chi connectivity index (χ2n) is 6.02. The van der Waals surface area contributed by atoms with Gasteiger partial charge < -0.3 is 9.47 Å². The van der Waals surface area contributed by atoms with Crippen LogP contribution in [-0.2, 0) is 7.05 Å². The Morgan fingerprint density at radius 1 is 1.26 bits per heavy atom. The molecule has 0 saturated carbocycles. The van der Waals surface area contributed by atoms with Crippen LogP contribution in [0.25, 0.3) is 11.8 Å². The monoisotopic (exact) mass is 340 g/mol. The zero-order valence-corrected chi connectivity index (χ0v) is 14.1. The van der Waals surface area contributed by atoms with Crippen LogP contribution in [0.4, 0.5) is 13.2 Å². The highest BCUT2D eigenvalue weighted by atomic mass is 32.2. The topological polar surface area (TPSA) is 8.17 Å². The van der Waals surface area contributed by atoms with Crippen molar-refractivity contribution < 1.29 is 13.2 Å². The molecule has 0 N–H and O–H groups in total. The van der Waals surface area contributed by atoms with Crippen molar-refractivity contribution in [3.63, 3.8) is 0 Å². The van der Waals surface area contributed by atoms with E-state index in [1.807, 2.05) is 41.7 Å². The number of allylic oxidation sites excluding steroid dienone is 2. The Morgan fingerprint density at radius 2 is 2.00 bits per heavy atom. The lowest BCUT2D eigenvalue weighted by Crippen LogP contribution is -2.48. The van der Waals surface area contributed by atoms with Crippen LogP contribution < -0.4 is 0 Å². The van der Waals surface area contributed by atoms with Gasteiger partial charge in [0.25, 0.3) is 0 Å². The molecule has 2 atom stereocenters. The molecule has 124 valence electrons. The maximum absolute atomic E-state index is 12.8. The molecular formula is C17H19F3N2S. The van der Waals surface area contributed by atoms with Gasteiger partial charge in [0, 0.05) is 30.4 Å². The number of thioether (sulfide) groups is 1. The molecule has 0 aromatic carbocycles. The fourth-order valence-electron chi connectivity index (χ4n) is 2.86. The molecule has 0 radical (unpaired) electrons. The van der Waals surface area contributed by atoms with Gasteiger partial charge in [-0.1, -0.05) is 19.1 Å². The number of nitrogens with zero attached hydrogens (tertiary/aromatic N) is 2. The first-order chi connectivity index (χ1) is 10.8. The fourth-order valence-corrected chi connectivity index (χ4v) is 3.86. The Kier molecular flexibility index (Phi) is 4.12. The third-order valence-electron chi connectivity index (χ3n) is 4.17. The van der Waals surface area contributed by atoms with Gasteiger partial charge in [0.15, 0.2) is 0 Å². The molecule has 3 rings (SSSR count). The van der Waals surface area contributed by atoms with Crippen LogP contribution in [-0.4, -0.2) is 34.0 Å². The van der Waals surface area contributed by atoms with E-state index in [2.05, 4.69) is 19.1 Å². The number of hydrogen-bond acceptors (Lipinski definition) is 2. The fraction of sp³-hybridized carbons (Fsp3) is 0.412. The summed E-state index contributed by atoms with van der Waals surface area (Å²) in [5.74, 6) is 0. The molecule has 2 aliphatic rings. The second kappa shape index (κ2) is 5.82. The van der Waals surface area contributed by atoms with E-state index >= 15 is 0 Å². The Labute approximate surface area is 138 Å². The first-order valence-corrected chi connectivity index (χ1v) is 8.36. The number of likely N-dealkylation sites (N-methyl/N-ethyl adjacent to an activating group) is 1. The molecule has 0 fully saturated rings. The zero-order chi connectivity index (χ0) is 16.8. The largest absolute Gasteiger partial charge is 0.412 e. The van der Waals surface area contributed by atoms with E-state index in [0.29, 0.717) is 10.9 Å². The molecule has 1 aromatic rings. The van der Waals surface area contributed by atoms with Gasteiger partial charge in [0.2, 0.25) is 0 Å². The maximum Gasteiger partial charge on any atom is 0.412 e. The molecular weight excluding hydrogens is 321 g/mol. The van der Waals surface area contributed by atoms with Crippen molar-refractivity contribution in [1.82, 2.24) is 9.47 Å². The van der Waals surface area contributed by atoms with E-state index in [0.717, 1.165) is 17.7 Å². The van der Waals surface area contributed by atoms with Gasteiger partial charge in [0.05, 0.1) is 11.4 Å². The number of aromatic nitrogens is 1. The molecule has 23 heavy (non-hydrogen) atoms. The number of rotatable bonds is 3. The van der Waals surface area contributed by atoms with Gasteiger partial charge in [-0.05, 0) is 30.2 Å². The first-order valence-electron chi connectivity index (χ1n) is 7.48. The summed E-state index contributed by atoms with van der Waals surface area (Å²) in [4.78, 5) is 2.53. The van der Waals surface area contributed by atoms with Gasteiger partial charge >= 0.3 is 6.18 Å². The van der Waals surface area contributed by atoms with Crippen LogP contribution in [0.2, 0.25) is 0 Å². The van der Waals surface area contributed by atoms with E-state index in [-0.39, 0.29) is 0 Å². The molecule has 6 heteroatoms. The number of alkyl halides is 3. The molecule has 0 saturated heterocycles. The number of aryl methyl sites for hydroxylation is 1. The third-order valence-corrected chi connectivity index (χ3v) is 5.33. The highest BCUT2D eigenvalue weighted by molar-refractivity contribution is 8.04. The first kappa shape index (κ1) is 16.3. The summed E-state index contributed by atoms with van der Waals surface area (Å²) in [5, 5.41) is 0.620. The summed E-state index contributed by atoms with van der Waals surface area (Å²) in [6, 6.07) is 0.447. The van der Waals surface area contributed by atoms with E-state index in [1.165, 1.54) is 22.9 Å². The SMILES string of the molecule is CC1CC=C(/C=C/c2cc(C3=CC(C(F)(F)F)N3C)n(C)c2)S1. The van der Waals surface area contributed by atoms with Gasteiger partial charge in [-0.15, -0.1) is 11.8 Å². The highest BCUT2D eigenvalue weighted by Gasteiger charge is 2.47. The quantitative estimate of drug-likeness (QED) is 0.790. The average Bonchev–Trinajstić information content (AvgIpc) is 3.00. The Morgan fingerprint density at radius 3 is 2.57 bits per heavy atom. The van der Waals surface area contributed by atoms with Crippen molar-refractivity contribution in [2.24, 2.45) is 7.05 Å². The van der Waals surface area contributed by atoms with E-state index in [1.54, 1.807) is 0 Å². The van der Waals surface area contributed by atoms with Crippen molar-refractivity contribution in [2.45, 2.75) is 30.8 Å². The zero-order valence-electron chi connectivity index (χ0n) is 13.3. The van der Waals surface area contributed by atoms with Crippen LogP contribution in [0.15, 0.2) is 35.4 Å². The van der Waals surface area contributed by atoms with Crippen LogP contribution in [0.3, 0.4) is 0 Å². The van der Waals surface area contributed by atoms with Crippen molar-refractivity contribution in [1.29, 1.82) is 0 Å². The van der Waals surface area contributed by atoms with Crippen molar-refractivity contribution >= 4 is 23.5 Å². The van der Waals surface area contributed by atoms with Crippen LogP contribution in [0.1, 0.15) is 24.6 Å². The lowest BCUT2D eigenvalue weighted by molar-refractivity contribution is -0.165. The average molecular weight is 340 g/mol. The van der Waals surface area contributed by atoms with Crippen LogP contribution in [0.5, 0.6) is 0 Å².